The summed E-state index contributed by atoms with van der Waals surface area (Å²) in [5.41, 5.74) is 7.30. The number of rotatable bonds is 7. The van der Waals surface area contributed by atoms with Crippen molar-refractivity contribution < 1.29 is 13.2 Å². The number of hydrogen-bond donors (Lipinski definition) is 3. The fourth-order valence-corrected chi connectivity index (χ4v) is 2.69. The first kappa shape index (κ1) is 15.8. The van der Waals surface area contributed by atoms with Gasteiger partial charge >= 0.3 is 0 Å². The molecule has 0 saturated heterocycles. The Morgan fingerprint density at radius 3 is 2.74 bits per heavy atom. The molecule has 0 amide bonds. The lowest BCUT2D eigenvalue weighted by atomic mass is 10.1. The molecule has 0 aliphatic rings. The smallest absolute Gasteiger partial charge is 0.299 e. The summed E-state index contributed by atoms with van der Waals surface area (Å²) in [4.78, 5) is 0.146. The number of ether oxygens (including phenoxy) is 1. The van der Waals surface area contributed by atoms with Crippen LogP contribution in [0, 0.1) is 6.92 Å². The van der Waals surface area contributed by atoms with Crippen molar-refractivity contribution >= 4 is 33.1 Å². The minimum atomic E-state index is -3.67. The number of anilines is 1. The van der Waals surface area contributed by atoms with Gasteiger partial charge in [0.1, 0.15) is 4.99 Å². The molecule has 0 heterocycles. The third-order valence-electron chi connectivity index (χ3n) is 2.36. The van der Waals surface area contributed by atoms with Gasteiger partial charge in [-0.25, -0.2) is 0 Å². The standard InChI is InChI=1S/C11H17N3O3S2/c1-8-4-3-5-9(10(8)11(12)18)14-19(15,16)13-6-7-17-2/h3-5,13-14H,6-7H2,1-2H3,(H2,12,18). The summed E-state index contributed by atoms with van der Waals surface area (Å²) >= 11 is 4.94. The van der Waals surface area contributed by atoms with Crippen LogP contribution in [0.5, 0.6) is 0 Å². The molecule has 0 saturated carbocycles. The fourth-order valence-electron chi connectivity index (χ4n) is 1.54. The van der Waals surface area contributed by atoms with Crippen LogP contribution in [0.25, 0.3) is 0 Å². The Bertz CT molecular complexity index is 558. The summed E-state index contributed by atoms with van der Waals surface area (Å²) in [6.07, 6.45) is 0. The molecule has 19 heavy (non-hydrogen) atoms. The van der Waals surface area contributed by atoms with E-state index in [1.54, 1.807) is 12.1 Å². The lowest BCUT2D eigenvalue weighted by molar-refractivity contribution is 0.204. The van der Waals surface area contributed by atoms with E-state index in [9.17, 15) is 8.42 Å². The molecule has 0 radical (unpaired) electrons. The lowest BCUT2D eigenvalue weighted by Crippen LogP contribution is -2.33. The summed E-state index contributed by atoms with van der Waals surface area (Å²) in [5, 5.41) is 0. The molecular weight excluding hydrogens is 286 g/mol. The van der Waals surface area contributed by atoms with E-state index in [1.165, 1.54) is 7.11 Å². The third kappa shape index (κ3) is 4.75. The summed E-state index contributed by atoms with van der Waals surface area (Å²) in [7, 11) is -2.18. The predicted molar refractivity (Wildman–Crippen MR) is 79.5 cm³/mol. The molecule has 1 rings (SSSR count). The Morgan fingerprint density at radius 2 is 2.16 bits per heavy atom. The van der Waals surface area contributed by atoms with Crippen molar-refractivity contribution in [2.24, 2.45) is 5.73 Å². The average molecular weight is 303 g/mol. The molecule has 1 aromatic carbocycles. The van der Waals surface area contributed by atoms with E-state index in [0.717, 1.165) is 5.56 Å². The van der Waals surface area contributed by atoms with Gasteiger partial charge in [0.05, 0.1) is 12.3 Å². The maximum Gasteiger partial charge on any atom is 0.299 e. The van der Waals surface area contributed by atoms with Crippen LogP contribution in [-0.4, -0.2) is 33.7 Å². The second kappa shape index (κ2) is 6.80. The zero-order valence-corrected chi connectivity index (χ0v) is 12.4. The number of aryl methyl sites for hydroxylation is 1. The van der Waals surface area contributed by atoms with Crippen molar-refractivity contribution in [3.8, 4) is 0 Å². The molecule has 0 fully saturated rings. The molecule has 4 N–H and O–H groups in total. The van der Waals surface area contributed by atoms with Gasteiger partial charge in [0.2, 0.25) is 0 Å². The molecule has 0 atom stereocenters. The monoisotopic (exact) mass is 303 g/mol. The van der Waals surface area contributed by atoms with Gasteiger partial charge in [-0.3, -0.25) is 4.72 Å². The van der Waals surface area contributed by atoms with E-state index < -0.39 is 10.2 Å². The first-order valence-electron chi connectivity index (χ1n) is 5.53. The SMILES string of the molecule is COCCNS(=O)(=O)Nc1cccc(C)c1C(N)=S. The fraction of sp³-hybridized carbons (Fsp3) is 0.364. The van der Waals surface area contributed by atoms with Crippen LogP contribution in [0.3, 0.4) is 0 Å². The van der Waals surface area contributed by atoms with E-state index in [1.807, 2.05) is 13.0 Å². The summed E-state index contributed by atoms with van der Waals surface area (Å²) < 4.78 is 33.1. The van der Waals surface area contributed by atoms with Crippen LogP contribution in [-0.2, 0) is 14.9 Å². The van der Waals surface area contributed by atoms with Gasteiger partial charge in [-0.15, -0.1) is 0 Å². The minimum Gasteiger partial charge on any atom is -0.389 e. The molecule has 0 aromatic heterocycles. The molecule has 106 valence electrons. The summed E-state index contributed by atoms with van der Waals surface area (Å²) in [6, 6.07) is 5.14. The number of nitrogens with two attached hydrogens (primary N) is 1. The zero-order valence-electron chi connectivity index (χ0n) is 10.8. The first-order valence-corrected chi connectivity index (χ1v) is 7.42. The van der Waals surface area contributed by atoms with Crippen molar-refractivity contribution in [1.29, 1.82) is 0 Å². The van der Waals surface area contributed by atoms with Crippen molar-refractivity contribution in [3.63, 3.8) is 0 Å². The van der Waals surface area contributed by atoms with Crippen molar-refractivity contribution in [2.75, 3.05) is 25.0 Å². The van der Waals surface area contributed by atoms with Crippen LogP contribution in [0.15, 0.2) is 18.2 Å². The summed E-state index contributed by atoms with van der Waals surface area (Å²) in [5.74, 6) is 0. The third-order valence-corrected chi connectivity index (χ3v) is 3.64. The van der Waals surface area contributed by atoms with Gasteiger partial charge in [0.15, 0.2) is 0 Å². The van der Waals surface area contributed by atoms with Gasteiger partial charge in [-0.05, 0) is 18.6 Å². The molecule has 0 bridgehead atoms. The molecule has 0 aliphatic carbocycles. The maximum atomic E-state index is 11.8. The van der Waals surface area contributed by atoms with Gasteiger partial charge < -0.3 is 10.5 Å². The highest BCUT2D eigenvalue weighted by Crippen LogP contribution is 2.20. The van der Waals surface area contributed by atoms with E-state index in [2.05, 4.69) is 9.44 Å². The molecular formula is C11H17N3O3S2. The van der Waals surface area contributed by atoms with Gasteiger partial charge in [-0.2, -0.15) is 13.1 Å². The first-order chi connectivity index (χ1) is 8.87. The van der Waals surface area contributed by atoms with E-state index in [4.69, 9.17) is 22.7 Å². The number of nitrogens with one attached hydrogen (secondary N) is 2. The van der Waals surface area contributed by atoms with Crippen molar-refractivity contribution in [2.45, 2.75) is 6.92 Å². The second-order valence-corrected chi connectivity index (χ2v) is 5.79. The number of hydrogen-bond acceptors (Lipinski definition) is 4. The highest BCUT2D eigenvalue weighted by Gasteiger charge is 2.14. The highest BCUT2D eigenvalue weighted by molar-refractivity contribution is 7.90. The van der Waals surface area contributed by atoms with Crippen LogP contribution in [0.2, 0.25) is 0 Å². The van der Waals surface area contributed by atoms with Crippen LogP contribution < -0.4 is 15.2 Å². The lowest BCUT2D eigenvalue weighted by Gasteiger charge is -2.14. The quantitative estimate of drug-likeness (QED) is 0.504. The Balaban J connectivity index is 2.93. The van der Waals surface area contributed by atoms with E-state index >= 15 is 0 Å². The highest BCUT2D eigenvalue weighted by atomic mass is 32.2. The van der Waals surface area contributed by atoms with Crippen LogP contribution in [0.1, 0.15) is 11.1 Å². The van der Waals surface area contributed by atoms with Crippen LogP contribution in [0.4, 0.5) is 5.69 Å². The van der Waals surface area contributed by atoms with Gasteiger partial charge in [0, 0.05) is 19.2 Å². The topological polar surface area (TPSA) is 93.4 Å². The van der Waals surface area contributed by atoms with E-state index in [0.29, 0.717) is 11.3 Å². The maximum absolute atomic E-state index is 11.8. The Kier molecular flexibility index (Phi) is 5.67. The zero-order chi connectivity index (χ0) is 14.5. The molecule has 0 spiro atoms. The summed E-state index contributed by atoms with van der Waals surface area (Å²) in [6.45, 7) is 2.28. The van der Waals surface area contributed by atoms with Crippen molar-refractivity contribution in [1.82, 2.24) is 4.72 Å². The Morgan fingerprint density at radius 1 is 1.47 bits per heavy atom. The largest absolute Gasteiger partial charge is 0.389 e. The van der Waals surface area contributed by atoms with Gasteiger partial charge in [0.25, 0.3) is 10.2 Å². The Hall–Kier alpha value is -1.22. The minimum absolute atomic E-state index is 0.146. The number of thiocarbonyl (C=S) groups is 1. The number of benzene rings is 1. The van der Waals surface area contributed by atoms with Gasteiger partial charge in [-0.1, -0.05) is 24.4 Å². The normalized spacial score (nSPS) is 11.3. The van der Waals surface area contributed by atoms with Crippen LogP contribution >= 0.6 is 12.2 Å². The van der Waals surface area contributed by atoms with E-state index in [-0.39, 0.29) is 18.1 Å². The Labute approximate surface area is 118 Å². The average Bonchev–Trinajstić information content (AvgIpc) is 2.27. The molecule has 6 nitrogen and oxygen atoms in total. The molecule has 8 heteroatoms. The second-order valence-electron chi connectivity index (χ2n) is 3.85. The molecule has 1 aromatic rings. The molecule has 0 unspecified atom stereocenters. The molecule has 0 aliphatic heterocycles. The number of methoxy groups -OCH3 is 1. The predicted octanol–water partition coefficient (Wildman–Crippen LogP) is 0.522. The van der Waals surface area contributed by atoms with Crippen molar-refractivity contribution in [3.05, 3.63) is 29.3 Å².